The molecule has 0 saturated heterocycles. The smallest absolute Gasteiger partial charge is 0.164 e. The van der Waals surface area contributed by atoms with Crippen LogP contribution in [0.3, 0.4) is 0 Å². The molecule has 0 bridgehead atoms. The number of anilines is 1. The monoisotopic (exact) mass is 362 g/mol. The van der Waals surface area contributed by atoms with Crippen LogP contribution in [0.5, 0.6) is 0 Å². The maximum Gasteiger partial charge on any atom is 0.164 e. The summed E-state index contributed by atoms with van der Waals surface area (Å²) >= 11 is 1.67. The number of hydrogen-bond donors (Lipinski definition) is 0. The second-order valence-corrected chi connectivity index (χ2v) is 7.23. The number of benzene rings is 1. The third-order valence-electron chi connectivity index (χ3n) is 4.75. The van der Waals surface area contributed by atoms with E-state index >= 15 is 0 Å². The maximum absolute atomic E-state index is 4.82. The minimum atomic E-state index is 0.713. The molecule has 4 heterocycles. The normalized spacial score (nSPS) is 14.0. The van der Waals surface area contributed by atoms with E-state index in [1.807, 2.05) is 18.2 Å². The first kappa shape index (κ1) is 15.5. The molecule has 1 aliphatic rings. The molecule has 26 heavy (non-hydrogen) atoms. The van der Waals surface area contributed by atoms with E-state index in [-0.39, 0.29) is 0 Å². The van der Waals surface area contributed by atoms with Crippen LogP contribution in [0.25, 0.3) is 21.6 Å². The Morgan fingerprint density at radius 2 is 1.92 bits per heavy atom. The minimum Gasteiger partial charge on any atom is -0.347 e. The zero-order valence-electron chi connectivity index (χ0n) is 14.5. The highest BCUT2D eigenvalue weighted by molar-refractivity contribution is 7.16. The number of nitrogens with zero attached hydrogens (tertiary/aromatic N) is 6. The van der Waals surface area contributed by atoms with Crippen molar-refractivity contribution in [3.63, 3.8) is 0 Å². The van der Waals surface area contributed by atoms with Crippen molar-refractivity contribution in [3.8, 4) is 11.4 Å². The van der Waals surface area contributed by atoms with Crippen LogP contribution < -0.4 is 4.90 Å². The largest absolute Gasteiger partial charge is 0.347 e. The molecule has 5 rings (SSSR count). The van der Waals surface area contributed by atoms with Crippen LogP contribution in [0, 0.1) is 0 Å². The highest BCUT2D eigenvalue weighted by Crippen LogP contribution is 2.31. The van der Waals surface area contributed by atoms with Gasteiger partial charge in [-0.1, -0.05) is 37.3 Å². The van der Waals surface area contributed by atoms with Crippen molar-refractivity contribution in [3.05, 3.63) is 53.4 Å². The van der Waals surface area contributed by atoms with E-state index in [0.717, 1.165) is 58.6 Å². The zero-order chi connectivity index (χ0) is 17.5. The SMILES string of the molecule is CCc1nc(N2CCn3c(nnc3-c3ccccc3)C2)c2ccsc2n1. The first-order valence-electron chi connectivity index (χ1n) is 8.80. The summed E-state index contributed by atoms with van der Waals surface area (Å²) in [6.07, 6.45) is 0.836. The van der Waals surface area contributed by atoms with E-state index in [2.05, 4.69) is 55.2 Å². The molecule has 1 aliphatic heterocycles. The number of aryl methyl sites for hydroxylation is 1. The van der Waals surface area contributed by atoms with Gasteiger partial charge in [0.15, 0.2) is 11.6 Å². The molecule has 0 aliphatic carbocycles. The van der Waals surface area contributed by atoms with Crippen LogP contribution in [-0.2, 0) is 19.5 Å². The van der Waals surface area contributed by atoms with Crippen LogP contribution in [0.1, 0.15) is 18.6 Å². The summed E-state index contributed by atoms with van der Waals surface area (Å²) in [7, 11) is 0. The molecular weight excluding hydrogens is 344 g/mol. The summed E-state index contributed by atoms with van der Waals surface area (Å²) in [5.41, 5.74) is 1.11. The Labute approximate surface area is 155 Å². The van der Waals surface area contributed by atoms with E-state index in [1.54, 1.807) is 11.3 Å². The molecule has 0 saturated carbocycles. The summed E-state index contributed by atoms with van der Waals surface area (Å²) in [6, 6.07) is 12.4. The van der Waals surface area contributed by atoms with Gasteiger partial charge in [0.1, 0.15) is 16.5 Å². The van der Waals surface area contributed by atoms with Crippen LogP contribution in [0.15, 0.2) is 41.8 Å². The fourth-order valence-corrected chi connectivity index (χ4v) is 4.20. The van der Waals surface area contributed by atoms with Gasteiger partial charge in [-0.05, 0) is 11.4 Å². The Morgan fingerprint density at radius 3 is 2.77 bits per heavy atom. The van der Waals surface area contributed by atoms with Crippen molar-refractivity contribution in [2.45, 2.75) is 26.4 Å². The number of thiophene rings is 1. The summed E-state index contributed by atoms with van der Waals surface area (Å²) in [5.74, 6) is 3.84. The lowest BCUT2D eigenvalue weighted by Gasteiger charge is -2.29. The molecule has 0 fully saturated rings. The quantitative estimate of drug-likeness (QED) is 0.558. The Kier molecular flexibility index (Phi) is 3.67. The number of aromatic nitrogens is 5. The van der Waals surface area contributed by atoms with Gasteiger partial charge >= 0.3 is 0 Å². The average Bonchev–Trinajstić information content (AvgIpc) is 3.34. The highest BCUT2D eigenvalue weighted by Gasteiger charge is 2.24. The maximum atomic E-state index is 4.82. The van der Waals surface area contributed by atoms with Crippen LogP contribution in [-0.4, -0.2) is 31.3 Å². The summed E-state index contributed by atoms with van der Waals surface area (Å²) in [6.45, 7) is 4.54. The van der Waals surface area contributed by atoms with Crippen LogP contribution >= 0.6 is 11.3 Å². The van der Waals surface area contributed by atoms with E-state index in [1.165, 1.54) is 0 Å². The van der Waals surface area contributed by atoms with E-state index in [4.69, 9.17) is 4.98 Å². The van der Waals surface area contributed by atoms with Gasteiger partial charge in [0.25, 0.3) is 0 Å². The van der Waals surface area contributed by atoms with Crippen molar-refractivity contribution in [1.82, 2.24) is 24.7 Å². The molecule has 0 spiro atoms. The second kappa shape index (κ2) is 6.17. The molecule has 7 heteroatoms. The first-order valence-corrected chi connectivity index (χ1v) is 9.68. The average molecular weight is 362 g/mol. The standard InChI is InChI=1S/C19H18N6S/c1-2-15-20-18(14-8-11-26-19(14)21-15)24-9-10-25-16(12-24)22-23-17(25)13-6-4-3-5-7-13/h3-8,11H,2,9-10,12H2,1H3. The van der Waals surface area contributed by atoms with Gasteiger partial charge in [-0.25, -0.2) is 9.97 Å². The van der Waals surface area contributed by atoms with Gasteiger partial charge in [-0.15, -0.1) is 21.5 Å². The van der Waals surface area contributed by atoms with E-state index < -0.39 is 0 Å². The van der Waals surface area contributed by atoms with Gasteiger partial charge in [-0.3, -0.25) is 0 Å². The zero-order valence-corrected chi connectivity index (χ0v) is 15.3. The van der Waals surface area contributed by atoms with Crippen LogP contribution in [0.2, 0.25) is 0 Å². The molecule has 4 aromatic rings. The third-order valence-corrected chi connectivity index (χ3v) is 5.56. The fourth-order valence-electron chi connectivity index (χ4n) is 3.42. The molecule has 1 aromatic carbocycles. The molecule has 0 radical (unpaired) electrons. The van der Waals surface area contributed by atoms with E-state index in [0.29, 0.717) is 6.54 Å². The lowest BCUT2D eigenvalue weighted by atomic mass is 10.2. The summed E-state index contributed by atoms with van der Waals surface area (Å²) < 4.78 is 2.22. The topological polar surface area (TPSA) is 59.7 Å². The van der Waals surface area contributed by atoms with Gasteiger partial charge in [0, 0.05) is 25.1 Å². The number of hydrogen-bond acceptors (Lipinski definition) is 6. The Balaban J connectivity index is 1.52. The van der Waals surface area contributed by atoms with E-state index in [9.17, 15) is 0 Å². The molecule has 3 aromatic heterocycles. The number of fused-ring (bicyclic) bond motifs is 2. The Hall–Kier alpha value is -2.80. The summed E-state index contributed by atoms with van der Waals surface area (Å²) in [5, 5.41) is 12.1. The molecule has 0 atom stereocenters. The first-order chi connectivity index (χ1) is 12.8. The minimum absolute atomic E-state index is 0.713. The van der Waals surface area contributed by atoms with Crippen molar-refractivity contribution in [2.24, 2.45) is 0 Å². The van der Waals surface area contributed by atoms with Crippen molar-refractivity contribution < 1.29 is 0 Å². The van der Waals surface area contributed by atoms with Crippen LogP contribution in [0.4, 0.5) is 5.82 Å². The summed E-state index contributed by atoms with van der Waals surface area (Å²) in [4.78, 5) is 12.8. The Bertz CT molecular complexity index is 1070. The van der Waals surface area contributed by atoms with Crippen molar-refractivity contribution in [2.75, 3.05) is 11.4 Å². The molecule has 130 valence electrons. The number of rotatable bonds is 3. The highest BCUT2D eigenvalue weighted by atomic mass is 32.1. The molecule has 6 nitrogen and oxygen atoms in total. The van der Waals surface area contributed by atoms with Crippen molar-refractivity contribution >= 4 is 27.4 Å². The van der Waals surface area contributed by atoms with Gasteiger partial charge in [-0.2, -0.15) is 0 Å². The van der Waals surface area contributed by atoms with Gasteiger partial charge in [0.05, 0.1) is 11.9 Å². The lowest BCUT2D eigenvalue weighted by Crippen LogP contribution is -2.35. The molecular formula is C19H18N6S. The predicted molar refractivity (Wildman–Crippen MR) is 103 cm³/mol. The van der Waals surface area contributed by atoms with Crippen molar-refractivity contribution in [1.29, 1.82) is 0 Å². The molecule has 0 amide bonds. The molecule has 0 N–H and O–H groups in total. The third kappa shape index (κ3) is 2.47. The van der Waals surface area contributed by atoms with Gasteiger partial charge in [0.2, 0.25) is 0 Å². The predicted octanol–water partition coefficient (Wildman–Crippen LogP) is 3.53. The lowest BCUT2D eigenvalue weighted by molar-refractivity contribution is 0.560. The second-order valence-electron chi connectivity index (χ2n) is 6.34. The Morgan fingerprint density at radius 1 is 1.04 bits per heavy atom. The van der Waals surface area contributed by atoms with Gasteiger partial charge < -0.3 is 9.47 Å². The fraction of sp³-hybridized carbons (Fsp3) is 0.263. The molecule has 0 unspecified atom stereocenters.